The first-order valence-corrected chi connectivity index (χ1v) is 4.81. The number of benzene rings is 1. The lowest BCUT2D eigenvalue weighted by atomic mass is 10.1. The van der Waals surface area contributed by atoms with Gasteiger partial charge in [0, 0.05) is 17.1 Å². The Morgan fingerprint density at radius 2 is 2.31 bits per heavy atom. The first-order valence-electron chi connectivity index (χ1n) is 4.81. The molecule has 0 aliphatic heterocycles. The quantitative estimate of drug-likeness (QED) is 0.840. The predicted octanol–water partition coefficient (Wildman–Crippen LogP) is 1.91. The molecular weight excluding hydrogens is 207 g/mol. The van der Waals surface area contributed by atoms with Crippen LogP contribution in [0.15, 0.2) is 31.0 Å². The molecule has 0 saturated heterocycles. The predicted molar refractivity (Wildman–Crippen MR) is 61.2 cm³/mol. The van der Waals surface area contributed by atoms with Crippen molar-refractivity contribution in [3.63, 3.8) is 0 Å². The molecule has 1 heterocycles. The van der Waals surface area contributed by atoms with Crippen molar-refractivity contribution in [2.75, 3.05) is 0 Å². The summed E-state index contributed by atoms with van der Waals surface area (Å²) in [6.45, 7) is 3.58. The third-order valence-electron chi connectivity index (χ3n) is 2.44. The van der Waals surface area contributed by atoms with Crippen LogP contribution in [-0.4, -0.2) is 10.5 Å². The highest BCUT2D eigenvalue weighted by Gasteiger charge is 2.07. The van der Waals surface area contributed by atoms with Gasteiger partial charge in [-0.2, -0.15) is 0 Å². The Bertz CT molecular complexity index is 572. The van der Waals surface area contributed by atoms with Gasteiger partial charge in [0.25, 0.3) is 0 Å². The summed E-state index contributed by atoms with van der Waals surface area (Å²) >= 11 is 0. The van der Waals surface area contributed by atoms with Crippen molar-refractivity contribution in [3.05, 3.63) is 42.4 Å². The summed E-state index contributed by atoms with van der Waals surface area (Å²) in [6.07, 6.45) is 3.17. The van der Waals surface area contributed by atoms with Crippen LogP contribution in [-0.2, 0) is 11.3 Å². The highest BCUT2D eigenvalue weighted by atomic mass is 19.1. The van der Waals surface area contributed by atoms with E-state index >= 15 is 0 Å². The molecule has 0 aliphatic rings. The molecule has 0 bridgehead atoms. The number of carbonyl (C=O) groups excluding carboxylic acids is 1. The first kappa shape index (κ1) is 10.4. The molecule has 0 aliphatic carbocycles. The van der Waals surface area contributed by atoms with E-state index in [1.54, 1.807) is 16.8 Å². The van der Waals surface area contributed by atoms with Crippen molar-refractivity contribution >= 4 is 22.9 Å². The Balaban J connectivity index is 2.60. The van der Waals surface area contributed by atoms with Gasteiger partial charge >= 0.3 is 0 Å². The van der Waals surface area contributed by atoms with E-state index in [1.165, 1.54) is 12.1 Å². The van der Waals surface area contributed by atoms with Crippen LogP contribution in [0.5, 0.6) is 0 Å². The third kappa shape index (κ3) is 1.69. The second-order valence-electron chi connectivity index (χ2n) is 3.55. The highest BCUT2D eigenvalue weighted by molar-refractivity contribution is 5.84. The Hall–Kier alpha value is -2.10. The molecule has 0 radical (unpaired) electrons. The Morgan fingerprint density at radius 1 is 1.56 bits per heavy atom. The maximum absolute atomic E-state index is 13.5. The number of nitrogens with zero attached hydrogens (tertiary/aromatic N) is 1. The van der Waals surface area contributed by atoms with Crippen LogP contribution in [0.3, 0.4) is 0 Å². The second-order valence-corrected chi connectivity index (χ2v) is 3.55. The number of hydrogen-bond acceptors (Lipinski definition) is 1. The fourth-order valence-electron chi connectivity index (χ4n) is 1.69. The molecule has 2 N–H and O–H groups in total. The molecule has 0 unspecified atom stereocenters. The minimum absolute atomic E-state index is 0.0520. The van der Waals surface area contributed by atoms with Crippen molar-refractivity contribution in [2.45, 2.75) is 6.54 Å². The van der Waals surface area contributed by atoms with Crippen molar-refractivity contribution < 1.29 is 9.18 Å². The normalized spacial score (nSPS) is 10.6. The lowest BCUT2D eigenvalue weighted by Crippen LogP contribution is -2.17. The minimum atomic E-state index is -0.453. The zero-order valence-electron chi connectivity index (χ0n) is 8.61. The maximum atomic E-state index is 13.5. The van der Waals surface area contributed by atoms with Gasteiger partial charge < -0.3 is 10.3 Å². The van der Waals surface area contributed by atoms with E-state index in [2.05, 4.69) is 6.58 Å². The average Bonchev–Trinajstić information content (AvgIpc) is 2.59. The standard InChI is InChI=1S/C12H11FN2O/c1-2-8-5-9-3-4-15(7-12(14)16)11(9)6-10(8)13/h2-6H,1,7H2,(H2,14,16). The Labute approximate surface area is 92.0 Å². The minimum Gasteiger partial charge on any atom is -0.368 e. The molecule has 2 aromatic rings. The van der Waals surface area contributed by atoms with Crippen LogP contribution < -0.4 is 5.73 Å². The summed E-state index contributed by atoms with van der Waals surface area (Å²) in [4.78, 5) is 10.8. The van der Waals surface area contributed by atoms with E-state index in [1.807, 2.05) is 6.07 Å². The zero-order valence-corrected chi connectivity index (χ0v) is 8.61. The summed E-state index contributed by atoms with van der Waals surface area (Å²) in [5, 5.41) is 0.859. The van der Waals surface area contributed by atoms with E-state index in [4.69, 9.17) is 5.73 Å². The van der Waals surface area contributed by atoms with Crippen LogP contribution in [0.25, 0.3) is 17.0 Å². The Morgan fingerprint density at radius 3 is 2.94 bits per heavy atom. The molecule has 1 amide bonds. The van der Waals surface area contributed by atoms with Gasteiger partial charge in [0.2, 0.25) is 5.91 Å². The van der Waals surface area contributed by atoms with Crippen molar-refractivity contribution in [3.8, 4) is 0 Å². The number of primary amides is 1. The van der Waals surface area contributed by atoms with Gasteiger partial charge in [-0.05, 0) is 18.2 Å². The molecule has 4 heteroatoms. The zero-order chi connectivity index (χ0) is 11.7. The summed E-state index contributed by atoms with van der Waals surface area (Å²) in [5.74, 6) is -0.808. The van der Waals surface area contributed by atoms with Gasteiger partial charge in [-0.3, -0.25) is 4.79 Å². The lowest BCUT2D eigenvalue weighted by molar-refractivity contribution is -0.118. The van der Waals surface area contributed by atoms with Crippen LogP contribution in [0.2, 0.25) is 0 Å². The van der Waals surface area contributed by atoms with Gasteiger partial charge in [-0.25, -0.2) is 4.39 Å². The van der Waals surface area contributed by atoms with Gasteiger partial charge in [0.15, 0.2) is 0 Å². The van der Waals surface area contributed by atoms with Crippen molar-refractivity contribution in [2.24, 2.45) is 5.73 Å². The summed E-state index contributed by atoms with van der Waals surface area (Å²) in [5.41, 5.74) is 6.20. The molecule has 0 saturated carbocycles. The van der Waals surface area contributed by atoms with Gasteiger partial charge in [-0.1, -0.05) is 12.7 Å². The van der Waals surface area contributed by atoms with Crippen molar-refractivity contribution in [1.82, 2.24) is 4.57 Å². The topological polar surface area (TPSA) is 48.0 Å². The average molecular weight is 218 g/mol. The van der Waals surface area contributed by atoms with E-state index in [9.17, 15) is 9.18 Å². The number of amides is 1. The van der Waals surface area contributed by atoms with E-state index in [0.717, 1.165) is 5.39 Å². The molecule has 3 nitrogen and oxygen atoms in total. The van der Waals surface area contributed by atoms with Crippen LogP contribution in [0.1, 0.15) is 5.56 Å². The number of nitrogens with two attached hydrogens (primary N) is 1. The van der Waals surface area contributed by atoms with Gasteiger partial charge in [-0.15, -0.1) is 0 Å². The number of fused-ring (bicyclic) bond motifs is 1. The molecule has 0 fully saturated rings. The molecular formula is C12H11FN2O. The van der Waals surface area contributed by atoms with E-state index in [0.29, 0.717) is 11.1 Å². The molecule has 16 heavy (non-hydrogen) atoms. The van der Waals surface area contributed by atoms with Crippen LogP contribution >= 0.6 is 0 Å². The first-order chi connectivity index (χ1) is 7.61. The van der Waals surface area contributed by atoms with Gasteiger partial charge in [0.1, 0.15) is 12.4 Å². The summed E-state index contributed by atoms with van der Waals surface area (Å²) < 4.78 is 15.1. The SMILES string of the molecule is C=Cc1cc2ccn(CC(N)=O)c2cc1F. The van der Waals surface area contributed by atoms with Crippen molar-refractivity contribution in [1.29, 1.82) is 0 Å². The molecule has 1 aromatic heterocycles. The largest absolute Gasteiger partial charge is 0.368 e. The summed E-state index contributed by atoms with van der Waals surface area (Å²) in [7, 11) is 0. The fourth-order valence-corrected chi connectivity index (χ4v) is 1.69. The monoisotopic (exact) mass is 218 g/mol. The van der Waals surface area contributed by atoms with Gasteiger partial charge in [0.05, 0.1) is 5.52 Å². The number of rotatable bonds is 3. The maximum Gasteiger partial charge on any atom is 0.237 e. The lowest BCUT2D eigenvalue weighted by Gasteiger charge is -2.03. The Kier molecular flexibility index (Phi) is 2.48. The number of carbonyl (C=O) groups is 1. The fraction of sp³-hybridized carbons (Fsp3) is 0.0833. The number of aromatic nitrogens is 1. The third-order valence-corrected chi connectivity index (χ3v) is 2.44. The highest BCUT2D eigenvalue weighted by Crippen LogP contribution is 2.21. The number of hydrogen-bond donors (Lipinski definition) is 1. The van der Waals surface area contributed by atoms with E-state index in [-0.39, 0.29) is 12.4 Å². The molecule has 0 spiro atoms. The smallest absolute Gasteiger partial charge is 0.237 e. The second kappa shape index (κ2) is 3.81. The van der Waals surface area contributed by atoms with E-state index < -0.39 is 5.91 Å². The van der Waals surface area contributed by atoms with Crippen LogP contribution in [0.4, 0.5) is 4.39 Å². The summed E-state index contributed by atoms with van der Waals surface area (Å²) in [6, 6.07) is 4.88. The molecule has 1 aromatic carbocycles. The molecule has 82 valence electrons. The number of halogens is 1. The molecule has 0 atom stereocenters. The van der Waals surface area contributed by atoms with Crippen LogP contribution in [0, 0.1) is 5.82 Å². The molecule has 2 rings (SSSR count).